The van der Waals surface area contributed by atoms with Gasteiger partial charge < -0.3 is 15.3 Å². The molecular formula is C13H23N3O3. The highest BCUT2D eigenvalue weighted by molar-refractivity contribution is 5.76. The molecule has 2 N–H and O–H groups in total. The molecule has 0 bridgehead atoms. The van der Waals surface area contributed by atoms with Gasteiger partial charge in [-0.15, -0.1) is 0 Å². The van der Waals surface area contributed by atoms with Crippen LogP contribution in [-0.2, 0) is 9.59 Å². The average molecular weight is 269 g/mol. The van der Waals surface area contributed by atoms with Gasteiger partial charge in [-0.2, -0.15) is 0 Å². The number of carboxylic acids is 1. The topological polar surface area (TPSA) is 72.9 Å². The quantitative estimate of drug-likeness (QED) is 0.695. The van der Waals surface area contributed by atoms with Crippen molar-refractivity contribution < 1.29 is 14.7 Å². The Kier molecular flexibility index (Phi) is 5.15. The minimum absolute atomic E-state index is 0.121. The summed E-state index contributed by atoms with van der Waals surface area (Å²) in [7, 11) is 0. The summed E-state index contributed by atoms with van der Waals surface area (Å²) in [5.41, 5.74) is 0. The Bertz CT molecular complexity index is 331. The van der Waals surface area contributed by atoms with Crippen LogP contribution in [0.2, 0.25) is 0 Å². The molecule has 1 aliphatic heterocycles. The fourth-order valence-electron chi connectivity index (χ4n) is 2.38. The van der Waals surface area contributed by atoms with Gasteiger partial charge in [0.05, 0.1) is 6.54 Å². The van der Waals surface area contributed by atoms with E-state index in [1.807, 2.05) is 4.90 Å². The first-order chi connectivity index (χ1) is 9.13. The maximum atomic E-state index is 11.6. The molecule has 6 heteroatoms. The second kappa shape index (κ2) is 6.86. The van der Waals surface area contributed by atoms with Crippen molar-refractivity contribution in [2.75, 3.05) is 39.3 Å². The molecule has 6 nitrogen and oxygen atoms in total. The minimum Gasteiger partial charge on any atom is -0.480 e. The molecule has 1 aliphatic carbocycles. The largest absolute Gasteiger partial charge is 0.480 e. The third kappa shape index (κ3) is 5.57. The molecule has 19 heavy (non-hydrogen) atoms. The Morgan fingerprint density at radius 1 is 1.11 bits per heavy atom. The first kappa shape index (κ1) is 14.3. The van der Waals surface area contributed by atoms with Crippen molar-refractivity contribution in [1.29, 1.82) is 0 Å². The molecule has 0 unspecified atom stereocenters. The highest BCUT2D eigenvalue weighted by Crippen LogP contribution is 2.18. The highest BCUT2D eigenvalue weighted by atomic mass is 16.4. The number of hydrogen-bond donors (Lipinski definition) is 2. The standard InChI is InChI=1S/C13H23N3O3/c17-12(14-11-2-3-11)4-7-15-5-1-6-16(9-8-15)10-13(18)19/h11H,1-10H2,(H,14,17)(H,18,19). The lowest BCUT2D eigenvalue weighted by Gasteiger charge is -2.20. The fraction of sp³-hybridized carbons (Fsp3) is 0.846. The van der Waals surface area contributed by atoms with Crippen LogP contribution in [0.4, 0.5) is 0 Å². The number of carbonyl (C=O) groups excluding carboxylic acids is 1. The van der Waals surface area contributed by atoms with Crippen molar-refractivity contribution in [2.24, 2.45) is 0 Å². The molecule has 1 saturated carbocycles. The molecule has 2 rings (SSSR count). The lowest BCUT2D eigenvalue weighted by Crippen LogP contribution is -2.36. The van der Waals surface area contributed by atoms with E-state index in [2.05, 4.69) is 10.2 Å². The van der Waals surface area contributed by atoms with Crippen LogP contribution in [0.3, 0.4) is 0 Å². The molecule has 0 radical (unpaired) electrons. The van der Waals surface area contributed by atoms with Crippen molar-refractivity contribution in [3.8, 4) is 0 Å². The second-order valence-electron chi connectivity index (χ2n) is 5.46. The van der Waals surface area contributed by atoms with E-state index in [-0.39, 0.29) is 12.5 Å². The highest BCUT2D eigenvalue weighted by Gasteiger charge is 2.23. The van der Waals surface area contributed by atoms with Crippen LogP contribution < -0.4 is 5.32 Å². The zero-order valence-corrected chi connectivity index (χ0v) is 11.3. The molecule has 2 fully saturated rings. The Morgan fingerprint density at radius 2 is 1.79 bits per heavy atom. The van der Waals surface area contributed by atoms with Gasteiger partial charge in [0.1, 0.15) is 0 Å². The van der Waals surface area contributed by atoms with Gasteiger partial charge >= 0.3 is 5.97 Å². The summed E-state index contributed by atoms with van der Waals surface area (Å²) >= 11 is 0. The number of carboxylic acid groups (broad SMARTS) is 1. The Balaban J connectivity index is 1.64. The number of carbonyl (C=O) groups is 2. The van der Waals surface area contributed by atoms with E-state index in [4.69, 9.17) is 5.11 Å². The Morgan fingerprint density at radius 3 is 2.47 bits per heavy atom. The van der Waals surface area contributed by atoms with Crippen LogP contribution >= 0.6 is 0 Å². The minimum atomic E-state index is -0.766. The van der Waals surface area contributed by atoms with E-state index < -0.39 is 5.97 Å². The summed E-state index contributed by atoms with van der Waals surface area (Å²) < 4.78 is 0. The molecule has 1 amide bonds. The third-order valence-electron chi connectivity index (χ3n) is 3.64. The van der Waals surface area contributed by atoms with Crippen molar-refractivity contribution in [1.82, 2.24) is 15.1 Å². The number of aliphatic carboxylic acids is 1. The van der Waals surface area contributed by atoms with Crippen LogP contribution in [0.15, 0.2) is 0 Å². The van der Waals surface area contributed by atoms with Gasteiger partial charge in [-0.05, 0) is 25.8 Å². The van der Waals surface area contributed by atoms with Crippen molar-refractivity contribution in [3.05, 3.63) is 0 Å². The maximum Gasteiger partial charge on any atom is 0.317 e. The van der Waals surface area contributed by atoms with E-state index in [0.717, 1.165) is 52.0 Å². The molecule has 0 spiro atoms. The van der Waals surface area contributed by atoms with E-state index >= 15 is 0 Å². The number of rotatable bonds is 6. The normalized spacial score (nSPS) is 21.9. The van der Waals surface area contributed by atoms with Crippen LogP contribution in [-0.4, -0.2) is 72.1 Å². The summed E-state index contributed by atoms with van der Waals surface area (Å²) in [6.07, 6.45) is 3.77. The van der Waals surface area contributed by atoms with Gasteiger partial charge in [0.25, 0.3) is 0 Å². The molecule has 2 aliphatic rings. The van der Waals surface area contributed by atoms with Crippen molar-refractivity contribution in [2.45, 2.75) is 31.7 Å². The maximum absolute atomic E-state index is 11.6. The zero-order chi connectivity index (χ0) is 13.7. The molecule has 0 atom stereocenters. The average Bonchev–Trinajstić information content (AvgIpc) is 3.14. The summed E-state index contributed by atoms with van der Waals surface area (Å²) in [5, 5.41) is 11.8. The molecular weight excluding hydrogens is 246 g/mol. The van der Waals surface area contributed by atoms with E-state index in [0.29, 0.717) is 12.5 Å². The van der Waals surface area contributed by atoms with Gasteiger partial charge in [-0.3, -0.25) is 14.5 Å². The smallest absolute Gasteiger partial charge is 0.317 e. The van der Waals surface area contributed by atoms with Gasteiger partial charge in [-0.1, -0.05) is 0 Å². The van der Waals surface area contributed by atoms with E-state index in [9.17, 15) is 9.59 Å². The van der Waals surface area contributed by atoms with Crippen LogP contribution in [0.25, 0.3) is 0 Å². The Labute approximate surface area is 113 Å². The van der Waals surface area contributed by atoms with Gasteiger partial charge in [0, 0.05) is 38.6 Å². The monoisotopic (exact) mass is 269 g/mol. The van der Waals surface area contributed by atoms with Crippen molar-refractivity contribution >= 4 is 11.9 Å². The van der Waals surface area contributed by atoms with E-state index in [1.54, 1.807) is 0 Å². The zero-order valence-electron chi connectivity index (χ0n) is 11.3. The molecule has 0 aromatic rings. The third-order valence-corrected chi connectivity index (χ3v) is 3.64. The predicted molar refractivity (Wildman–Crippen MR) is 70.9 cm³/mol. The molecule has 1 saturated heterocycles. The Hall–Kier alpha value is -1.14. The molecule has 1 heterocycles. The van der Waals surface area contributed by atoms with Gasteiger partial charge in [0.2, 0.25) is 5.91 Å². The van der Waals surface area contributed by atoms with Crippen LogP contribution in [0, 0.1) is 0 Å². The SMILES string of the molecule is O=C(O)CN1CCCN(CCC(=O)NC2CC2)CC1. The number of nitrogens with zero attached hydrogens (tertiary/aromatic N) is 2. The van der Waals surface area contributed by atoms with Crippen LogP contribution in [0.1, 0.15) is 25.7 Å². The lowest BCUT2D eigenvalue weighted by atomic mass is 10.3. The molecule has 0 aromatic carbocycles. The summed E-state index contributed by atoms with van der Waals surface area (Å²) in [5.74, 6) is -0.619. The fourth-order valence-corrected chi connectivity index (χ4v) is 2.38. The van der Waals surface area contributed by atoms with Gasteiger partial charge in [0.15, 0.2) is 0 Å². The summed E-state index contributed by atoms with van der Waals surface area (Å²) in [6, 6.07) is 0.433. The number of nitrogens with one attached hydrogen (secondary N) is 1. The predicted octanol–water partition coefficient (Wildman–Crippen LogP) is -0.253. The summed E-state index contributed by atoms with van der Waals surface area (Å²) in [4.78, 5) is 26.5. The first-order valence-electron chi connectivity index (χ1n) is 7.09. The second-order valence-corrected chi connectivity index (χ2v) is 5.46. The molecule has 108 valence electrons. The first-order valence-corrected chi connectivity index (χ1v) is 7.09. The lowest BCUT2D eigenvalue weighted by molar-refractivity contribution is -0.138. The van der Waals surface area contributed by atoms with Crippen molar-refractivity contribution in [3.63, 3.8) is 0 Å². The molecule has 0 aromatic heterocycles. The summed E-state index contributed by atoms with van der Waals surface area (Å²) in [6.45, 7) is 4.31. The van der Waals surface area contributed by atoms with Crippen LogP contribution in [0.5, 0.6) is 0 Å². The van der Waals surface area contributed by atoms with Gasteiger partial charge in [-0.25, -0.2) is 0 Å². The number of hydrogen-bond acceptors (Lipinski definition) is 4. The number of amides is 1. The van der Waals surface area contributed by atoms with E-state index in [1.165, 1.54) is 0 Å².